The van der Waals surface area contributed by atoms with Gasteiger partial charge in [-0.15, -0.1) is 0 Å². The number of nitrogens with one attached hydrogen (secondary N) is 1. The molecule has 164 valence electrons. The van der Waals surface area contributed by atoms with E-state index in [1.54, 1.807) is 23.1 Å². The van der Waals surface area contributed by atoms with Gasteiger partial charge in [-0.05, 0) is 53.1 Å². The maximum atomic E-state index is 12.4. The molecule has 1 atom stereocenters. The summed E-state index contributed by atoms with van der Waals surface area (Å²) in [5, 5.41) is 3.19. The normalized spacial score (nSPS) is 17.3. The average molecular weight is 462 g/mol. The smallest absolute Gasteiger partial charge is 0.246 e. The third-order valence-electron chi connectivity index (χ3n) is 5.06. The Morgan fingerprint density at radius 3 is 2.55 bits per heavy atom. The second kappa shape index (κ2) is 9.21. The average Bonchev–Trinajstić information content (AvgIpc) is 2.71. The number of rotatable bonds is 5. The van der Waals surface area contributed by atoms with Crippen molar-refractivity contribution in [3.05, 3.63) is 65.7 Å². The molecule has 2 amide bonds. The quantitative estimate of drug-likeness (QED) is 0.692. The second-order valence-electron chi connectivity index (χ2n) is 7.41. The van der Waals surface area contributed by atoms with E-state index in [9.17, 15) is 18.0 Å². The van der Waals surface area contributed by atoms with E-state index >= 15 is 0 Å². The number of piperazine rings is 1. The third kappa shape index (κ3) is 5.52. The van der Waals surface area contributed by atoms with Crippen molar-refractivity contribution in [1.82, 2.24) is 9.21 Å². The lowest BCUT2D eigenvalue weighted by Gasteiger charge is -2.40. The molecule has 9 heteroatoms. The molecule has 0 aliphatic carbocycles. The molecule has 1 heterocycles. The van der Waals surface area contributed by atoms with E-state index in [0.717, 1.165) is 17.4 Å². The highest BCUT2D eigenvalue weighted by atomic mass is 35.5. The molecule has 3 rings (SSSR count). The number of sulfonamides is 1. The number of carbonyl (C=O) groups excluding carboxylic acids is 2. The number of amides is 2. The third-order valence-corrected chi connectivity index (χ3v) is 6.57. The lowest BCUT2D eigenvalue weighted by atomic mass is 9.97. The topological polar surface area (TPSA) is 86.8 Å². The van der Waals surface area contributed by atoms with Crippen molar-refractivity contribution in [2.75, 3.05) is 31.2 Å². The molecule has 1 N–H and O–H groups in total. The van der Waals surface area contributed by atoms with Crippen LogP contribution in [0.3, 0.4) is 0 Å². The molecule has 1 saturated heterocycles. The predicted molar refractivity (Wildman–Crippen MR) is 122 cm³/mol. The molecule has 7 nitrogen and oxygen atoms in total. The van der Waals surface area contributed by atoms with E-state index in [1.165, 1.54) is 17.3 Å². The van der Waals surface area contributed by atoms with Crippen LogP contribution in [0.4, 0.5) is 5.69 Å². The molecule has 0 spiro atoms. The molecule has 1 aliphatic heterocycles. The molecule has 0 aromatic heterocycles. The molecule has 0 saturated carbocycles. The van der Waals surface area contributed by atoms with Gasteiger partial charge >= 0.3 is 0 Å². The Morgan fingerprint density at radius 1 is 1.16 bits per heavy atom. The highest BCUT2D eigenvalue weighted by molar-refractivity contribution is 7.88. The highest BCUT2D eigenvalue weighted by Gasteiger charge is 2.35. The summed E-state index contributed by atoms with van der Waals surface area (Å²) < 4.78 is 26.3. The maximum Gasteiger partial charge on any atom is 0.246 e. The molecule has 0 bridgehead atoms. The number of anilines is 1. The van der Waals surface area contributed by atoms with Gasteiger partial charge in [0.2, 0.25) is 21.8 Å². The molecule has 1 aliphatic rings. The van der Waals surface area contributed by atoms with Crippen LogP contribution in [0.1, 0.15) is 18.5 Å². The van der Waals surface area contributed by atoms with Crippen LogP contribution in [0, 0.1) is 0 Å². The zero-order chi connectivity index (χ0) is 22.8. The zero-order valence-electron chi connectivity index (χ0n) is 17.3. The van der Waals surface area contributed by atoms with Gasteiger partial charge in [-0.2, -0.15) is 4.31 Å². The summed E-state index contributed by atoms with van der Waals surface area (Å²) in [6.07, 6.45) is 2.39. The number of halogens is 1. The second-order valence-corrected chi connectivity index (χ2v) is 9.78. The van der Waals surface area contributed by atoms with Gasteiger partial charge in [0.1, 0.15) is 0 Å². The summed E-state index contributed by atoms with van der Waals surface area (Å²) in [6, 6.07) is 12.1. The molecular weight excluding hydrogens is 438 g/mol. The first kappa shape index (κ1) is 23.0. The Hall–Kier alpha value is -2.68. The van der Waals surface area contributed by atoms with E-state index < -0.39 is 16.1 Å². The first-order valence-electron chi connectivity index (χ1n) is 9.65. The zero-order valence-corrected chi connectivity index (χ0v) is 18.9. The Bertz CT molecular complexity index is 1130. The molecule has 1 fully saturated rings. The van der Waals surface area contributed by atoms with Crippen LogP contribution in [-0.4, -0.2) is 55.3 Å². The summed E-state index contributed by atoms with van der Waals surface area (Å²) >= 11 is 6.40. The lowest BCUT2D eigenvalue weighted by molar-refractivity contribution is -0.128. The Balaban J connectivity index is 2.04. The number of hydrogen-bond acceptors (Lipinski definition) is 4. The van der Waals surface area contributed by atoms with E-state index in [1.807, 2.05) is 24.3 Å². The Morgan fingerprint density at radius 2 is 1.90 bits per heavy atom. The predicted octanol–water partition coefficient (Wildman–Crippen LogP) is 3.30. The summed E-state index contributed by atoms with van der Waals surface area (Å²) in [7, 11) is -3.51. The van der Waals surface area contributed by atoms with Crippen molar-refractivity contribution in [2.24, 2.45) is 0 Å². The van der Waals surface area contributed by atoms with Gasteiger partial charge < -0.3 is 10.2 Å². The summed E-state index contributed by atoms with van der Waals surface area (Å²) in [4.78, 5) is 25.1. The number of nitrogens with zero attached hydrogens (tertiary/aromatic N) is 2. The Labute approximate surface area is 187 Å². The minimum atomic E-state index is -3.51. The van der Waals surface area contributed by atoms with Crippen molar-refractivity contribution in [3.63, 3.8) is 0 Å². The summed E-state index contributed by atoms with van der Waals surface area (Å²) in [5.74, 6) is -0.426. The van der Waals surface area contributed by atoms with Gasteiger partial charge in [-0.1, -0.05) is 30.3 Å². The van der Waals surface area contributed by atoms with Gasteiger partial charge in [0, 0.05) is 37.3 Å². The van der Waals surface area contributed by atoms with Crippen molar-refractivity contribution >= 4 is 39.1 Å². The van der Waals surface area contributed by atoms with E-state index in [-0.39, 0.29) is 24.9 Å². The van der Waals surface area contributed by atoms with Crippen LogP contribution in [0.5, 0.6) is 0 Å². The van der Waals surface area contributed by atoms with E-state index in [2.05, 4.69) is 11.9 Å². The van der Waals surface area contributed by atoms with Gasteiger partial charge in [0.05, 0.1) is 12.3 Å². The van der Waals surface area contributed by atoms with Crippen LogP contribution in [0.2, 0.25) is 5.02 Å². The first-order valence-corrected chi connectivity index (χ1v) is 11.9. The molecule has 31 heavy (non-hydrogen) atoms. The van der Waals surface area contributed by atoms with E-state index in [0.29, 0.717) is 22.8 Å². The SMILES string of the molecule is C=CC(=O)N1CCN(S(C)(=O)=O)[C@@H](c2cc(Cl)cc(-c3cccc(NC(C)=O)c3)c2)C1. The molecule has 2 aromatic carbocycles. The van der Waals surface area contributed by atoms with Crippen LogP contribution in [0.15, 0.2) is 55.1 Å². The first-order chi connectivity index (χ1) is 14.6. The van der Waals surface area contributed by atoms with Gasteiger partial charge in [-0.3, -0.25) is 9.59 Å². The number of benzene rings is 2. The monoisotopic (exact) mass is 461 g/mol. The van der Waals surface area contributed by atoms with Crippen LogP contribution < -0.4 is 5.32 Å². The van der Waals surface area contributed by atoms with Crippen molar-refractivity contribution in [1.29, 1.82) is 0 Å². The Kier molecular flexibility index (Phi) is 6.83. The van der Waals surface area contributed by atoms with Crippen molar-refractivity contribution in [2.45, 2.75) is 13.0 Å². The van der Waals surface area contributed by atoms with Crippen LogP contribution in [-0.2, 0) is 19.6 Å². The minimum Gasteiger partial charge on any atom is -0.336 e. The number of hydrogen-bond donors (Lipinski definition) is 1. The molecule has 2 aromatic rings. The highest BCUT2D eigenvalue weighted by Crippen LogP contribution is 2.34. The fourth-order valence-corrected chi connectivity index (χ4v) is 5.02. The fourth-order valence-electron chi connectivity index (χ4n) is 3.72. The minimum absolute atomic E-state index is 0.179. The molecule has 0 unspecified atom stereocenters. The molecule has 0 radical (unpaired) electrons. The van der Waals surface area contributed by atoms with Gasteiger partial charge in [-0.25, -0.2) is 8.42 Å². The van der Waals surface area contributed by atoms with Gasteiger partial charge in [0.25, 0.3) is 0 Å². The maximum absolute atomic E-state index is 12.4. The van der Waals surface area contributed by atoms with Crippen molar-refractivity contribution in [3.8, 4) is 11.1 Å². The lowest BCUT2D eigenvalue weighted by Crippen LogP contribution is -2.51. The summed E-state index contributed by atoms with van der Waals surface area (Å²) in [6.45, 7) is 5.63. The van der Waals surface area contributed by atoms with Gasteiger partial charge in [0.15, 0.2) is 0 Å². The van der Waals surface area contributed by atoms with Crippen LogP contribution >= 0.6 is 11.6 Å². The van der Waals surface area contributed by atoms with Crippen molar-refractivity contribution < 1.29 is 18.0 Å². The standard InChI is InChI=1S/C22H24ClN3O4S/c1-4-22(28)25-8-9-26(31(3,29)30)21(14-25)18-10-17(11-19(23)12-18)16-6-5-7-20(13-16)24-15(2)27/h4-7,10-13,21H,1,8-9,14H2,2-3H3,(H,24,27)/t21-/m1/s1. The fraction of sp³-hybridized carbons (Fsp3) is 0.273. The van der Waals surface area contributed by atoms with Crippen LogP contribution in [0.25, 0.3) is 11.1 Å². The summed E-state index contributed by atoms with van der Waals surface area (Å²) in [5.41, 5.74) is 2.91. The largest absolute Gasteiger partial charge is 0.336 e. The van der Waals surface area contributed by atoms with E-state index in [4.69, 9.17) is 11.6 Å². The number of carbonyl (C=O) groups is 2. The molecular formula is C22H24ClN3O4S.